The van der Waals surface area contributed by atoms with E-state index in [1.807, 2.05) is 32.6 Å². The number of hydrogen-bond acceptors (Lipinski definition) is 5. The lowest BCUT2D eigenvalue weighted by atomic mass is 10.1. The van der Waals surface area contributed by atoms with E-state index in [1.165, 1.54) is 12.1 Å². The lowest BCUT2D eigenvalue weighted by Crippen LogP contribution is -2.51. The van der Waals surface area contributed by atoms with Gasteiger partial charge in [0, 0.05) is 31.9 Å². The highest BCUT2D eigenvalue weighted by atomic mass is 19.4. The fourth-order valence-corrected chi connectivity index (χ4v) is 3.76. The first kappa shape index (κ1) is 26.1. The van der Waals surface area contributed by atoms with Gasteiger partial charge in [-0.3, -0.25) is 14.5 Å². The molecular weight excluding hydrogens is 425 g/mol. The lowest BCUT2D eigenvalue weighted by Gasteiger charge is -2.33. The minimum Gasteiger partial charge on any atom is -0.370 e. The first-order valence-corrected chi connectivity index (χ1v) is 10.8. The summed E-state index contributed by atoms with van der Waals surface area (Å²) in [4.78, 5) is 28.0. The molecule has 180 valence electrons. The zero-order valence-electron chi connectivity index (χ0n) is 19.0. The SMILES string of the molecule is CC(C)CN(CC(C)C)[C@@H](CN)C(=O)Nc1ccc(N2CCOCC2=O)c(C(F)(F)F)c1. The van der Waals surface area contributed by atoms with Gasteiger partial charge < -0.3 is 20.7 Å². The quantitative estimate of drug-likeness (QED) is 0.594. The summed E-state index contributed by atoms with van der Waals surface area (Å²) in [6, 6.07) is 2.76. The third-order valence-corrected chi connectivity index (χ3v) is 5.01. The second-order valence-electron chi connectivity index (χ2n) is 8.81. The van der Waals surface area contributed by atoms with Crippen molar-refractivity contribution in [2.24, 2.45) is 17.6 Å². The maximum atomic E-state index is 13.8. The predicted molar refractivity (Wildman–Crippen MR) is 117 cm³/mol. The Hall–Kier alpha value is -2.17. The molecule has 32 heavy (non-hydrogen) atoms. The maximum Gasteiger partial charge on any atom is 0.418 e. The van der Waals surface area contributed by atoms with E-state index in [0.717, 1.165) is 11.0 Å². The number of carbonyl (C=O) groups excluding carboxylic acids is 2. The highest BCUT2D eigenvalue weighted by Crippen LogP contribution is 2.38. The number of ether oxygens (including phenoxy) is 1. The highest BCUT2D eigenvalue weighted by molar-refractivity contribution is 5.98. The third-order valence-electron chi connectivity index (χ3n) is 5.01. The van der Waals surface area contributed by atoms with Crippen LogP contribution in [0.25, 0.3) is 0 Å². The Balaban J connectivity index is 2.30. The van der Waals surface area contributed by atoms with E-state index in [2.05, 4.69) is 5.32 Å². The Kier molecular flexibility index (Phi) is 9.06. The number of alkyl halides is 3. The largest absolute Gasteiger partial charge is 0.418 e. The van der Waals surface area contributed by atoms with Crippen LogP contribution in [0, 0.1) is 11.8 Å². The fraction of sp³-hybridized carbons (Fsp3) is 0.636. The van der Waals surface area contributed by atoms with Gasteiger partial charge in [0.2, 0.25) is 5.91 Å². The summed E-state index contributed by atoms with van der Waals surface area (Å²) in [6.45, 7) is 9.34. The molecule has 1 aliphatic heterocycles. The average molecular weight is 459 g/mol. The highest BCUT2D eigenvalue weighted by Gasteiger charge is 2.37. The van der Waals surface area contributed by atoms with E-state index < -0.39 is 29.6 Å². The molecule has 1 heterocycles. The third kappa shape index (κ3) is 6.91. The van der Waals surface area contributed by atoms with Crippen LogP contribution >= 0.6 is 0 Å². The molecule has 1 fully saturated rings. The van der Waals surface area contributed by atoms with E-state index in [-0.39, 0.29) is 49.5 Å². The van der Waals surface area contributed by atoms with Gasteiger partial charge in [-0.05, 0) is 30.0 Å². The van der Waals surface area contributed by atoms with Crippen LogP contribution in [0.15, 0.2) is 18.2 Å². The Morgan fingerprint density at radius 2 is 1.84 bits per heavy atom. The predicted octanol–water partition coefficient (Wildman–Crippen LogP) is 2.95. The molecule has 10 heteroatoms. The second kappa shape index (κ2) is 11.1. The van der Waals surface area contributed by atoms with E-state index >= 15 is 0 Å². The second-order valence-corrected chi connectivity index (χ2v) is 8.81. The molecule has 0 bridgehead atoms. The molecule has 3 N–H and O–H groups in total. The van der Waals surface area contributed by atoms with E-state index in [9.17, 15) is 22.8 Å². The fourth-order valence-electron chi connectivity index (χ4n) is 3.76. The summed E-state index contributed by atoms with van der Waals surface area (Å²) in [5.74, 6) is -0.424. The van der Waals surface area contributed by atoms with Crippen molar-refractivity contribution in [3.8, 4) is 0 Å². The van der Waals surface area contributed by atoms with Gasteiger partial charge in [-0.1, -0.05) is 27.7 Å². The number of rotatable bonds is 9. The zero-order chi connectivity index (χ0) is 24.1. The van der Waals surface area contributed by atoms with Crippen molar-refractivity contribution >= 4 is 23.2 Å². The summed E-state index contributed by atoms with van der Waals surface area (Å²) in [5, 5.41) is 2.59. The van der Waals surface area contributed by atoms with Gasteiger partial charge >= 0.3 is 6.18 Å². The normalized spacial score (nSPS) is 16.2. The molecule has 0 aromatic heterocycles. The van der Waals surface area contributed by atoms with E-state index in [1.54, 1.807) is 0 Å². The molecule has 0 spiro atoms. The molecule has 1 atom stereocenters. The Bertz CT molecular complexity index is 789. The lowest BCUT2D eigenvalue weighted by molar-refractivity contribution is -0.137. The Morgan fingerprint density at radius 3 is 2.34 bits per heavy atom. The molecule has 2 amide bonds. The van der Waals surface area contributed by atoms with E-state index in [0.29, 0.717) is 13.1 Å². The molecule has 0 unspecified atom stereocenters. The van der Waals surface area contributed by atoms with Gasteiger partial charge in [0.25, 0.3) is 5.91 Å². The van der Waals surface area contributed by atoms with Gasteiger partial charge in [0.05, 0.1) is 17.9 Å². The van der Waals surface area contributed by atoms with Crippen LogP contribution < -0.4 is 16.0 Å². The molecule has 0 radical (unpaired) electrons. The van der Waals surface area contributed by atoms with Gasteiger partial charge in [-0.2, -0.15) is 13.2 Å². The first-order valence-electron chi connectivity index (χ1n) is 10.8. The topological polar surface area (TPSA) is 87.9 Å². The van der Waals surface area contributed by atoms with Crippen molar-refractivity contribution in [2.45, 2.75) is 39.9 Å². The number of morpholine rings is 1. The standard InChI is InChI=1S/C22H33F3N4O3/c1-14(2)11-28(12-15(3)4)19(10-26)21(31)27-16-5-6-18(17(9-16)22(23,24)25)29-7-8-32-13-20(29)30/h5-6,9,14-15,19H,7-8,10-13,26H2,1-4H3,(H,27,31)/t19-/m0/s1. The minimum absolute atomic E-state index is 0.000669. The van der Waals surface area contributed by atoms with Gasteiger partial charge in [0.15, 0.2) is 0 Å². The van der Waals surface area contributed by atoms with Crippen LogP contribution in [0.3, 0.4) is 0 Å². The molecule has 1 aromatic carbocycles. The number of carbonyl (C=O) groups is 2. The van der Waals surface area contributed by atoms with Crippen molar-refractivity contribution in [2.75, 3.05) is 49.6 Å². The van der Waals surface area contributed by atoms with Gasteiger partial charge in [-0.15, -0.1) is 0 Å². The van der Waals surface area contributed by atoms with Crippen LogP contribution in [0.5, 0.6) is 0 Å². The maximum absolute atomic E-state index is 13.8. The van der Waals surface area contributed by atoms with Crippen molar-refractivity contribution in [1.29, 1.82) is 0 Å². The summed E-state index contributed by atoms with van der Waals surface area (Å²) in [6.07, 6.45) is -4.71. The Morgan fingerprint density at radius 1 is 1.22 bits per heavy atom. The van der Waals surface area contributed by atoms with Crippen molar-refractivity contribution in [1.82, 2.24) is 4.90 Å². The van der Waals surface area contributed by atoms with Crippen LogP contribution in [0.1, 0.15) is 33.3 Å². The molecule has 0 saturated carbocycles. The summed E-state index contributed by atoms with van der Waals surface area (Å²) >= 11 is 0. The zero-order valence-corrected chi connectivity index (χ0v) is 19.0. The number of hydrogen-bond donors (Lipinski definition) is 2. The number of nitrogens with one attached hydrogen (secondary N) is 1. The van der Waals surface area contributed by atoms with Gasteiger partial charge in [-0.25, -0.2) is 0 Å². The van der Waals surface area contributed by atoms with Crippen LogP contribution in [-0.2, 0) is 20.5 Å². The smallest absolute Gasteiger partial charge is 0.370 e. The molecule has 1 aliphatic rings. The van der Waals surface area contributed by atoms with Crippen LogP contribution in [0.2, 0.25) is 0 Å². The number of anilines is 2. The molecule has 1 saturated heterocycles. The number of nitrogens with zero attached hydrogens (tertiary/aromatic N) is 2. The molecular formula is C22H33F3N4O3. The first-order chi connectivity index (χ1) is 14.9. The molecule has 1 aromatic rings. The molecule has 0 aliphatic carbocycles. The number of amides is 2. The Labute approximate surface area is 187 Å². The van der Waals surface area contributed by atoms with E-state index in [4.69, 9.17) is 10.5 Å². The van der Waals surface area contributed by atoms with Gasteiger partial charge in [0.1, 0.15) is 12.6 Å². The average Bonchev–Trinajstić information content (AvgIpc) is 2.67. The van der Waals surface area contributed by atoms with Crippen molar-refractivity contribution in [3.63, 3.8) is 0 Å². The minimum atomic E-state index is -4.71. The summed E-state index contributed by atoms with van der Waals surface area (Å²) in [5.41, 5.74) is 4.64. The van der Waals surface area contributed by atoms with Crippen molar-refractivity contribution < 1.29 is 27.5 Å². The number of nitrogens with two attached hydrogens (primary N) is 1. The van der Waals surface area contributed by atoms with Crippen molar-refractivity contribution in [3.05, 3.63) is 23.8 Å². The van der Waals surface area contributed by atoms with Crippen LogP contribution in [0.4, 0.5) is 24.5 Å². The number of halogens is 3. The summed E-state index contributed by atoms with van der Waals surface area (Å²) in [7, 11) is 0. The number of benzene rings is 1. The monoisotopic (exact) mass is 458 g/mol. The summed E-state index contributed by atoms with van der Waals surface area (Å²) < 4.78 is 46.3. The molecule has 2 rings (SSSR count). The van der Waals surface area contributed by atoms with Crippen LogP contribution in [-0.4, -0.2) is 62.1 Å². The molecule has 7 nitrogen and oxygen atoms in total.